The molecule has 3 aliphatic heterocycles. The highest BCUT2D eigenvalue weighted by atomic mass is 16.5. The highest BCUT2D eigenvalue weighted by Gasteiger charge is 2.40. The number of carbonyl (C=O) groups excluding carboxylic acids is 1. The molecule has 0 aromatic rings. The Kier molecular flexibility index (Phi) is 4.16. The Hall–Kier alpha value is -0.610. The summed E-state index contributed by atoms with van der Waals surface area (Å²) >= 11 is 0. The molecule has 1 spiro atoms. The number of ether oxygens (including phenoxy) is 1. The molecule has 1 unspecified atom stereocenters. The summed E-state index contributed by atoms with van der Waals surface area (Å²) in [7, 11) is 0. The minimum Gasteiger partial charge on any atom is -0.375 e. The SMILES string of the molecule is O=C1CCC(N2CCC3(CCCO3)CC2)CCN1CC1CC1. The molecule has 4 fully saturated rings. The average Bonchev–Trinajstić information content (AvgIpc) is 3.28. The van der Waals surface area contributed by atoms with Gasteiger partial charge in [-0.3, -0.25) is 4.79 Å². The van der Waals surface area contributed by atoms with E-state index in [0.717, 1.165) is 38.5 Å². The van der Waals surface area contributed by atoms with Crippen molar-refractivity contribution in [2.75, 3.05) is 32.8 Å². The first-order valence-corrected chi connectivity index (χ1v) is 9.40. The van der Waals surface area contributed by atoms with E-state index in [1.165, 1.54) is 58.0 Å². The highest BCUT2D eigenvalue weighted by molar-refractivity contribution is 5.76. The van der Waals surface area contributed by atoms with E-state index in [1.54, 1.807) is 0 Å². The van der Waals surface area contributed by atoms with Crippen LogP contribution >= 0.6 is 0 Å². The van der Waals surface area contributed by atoms with Crippen LogP contribution in [0.1, 0.15) is 57.8 Å². The summed E-state index contributed by atoms with van der Waals surface area (Å²) in [6.45, 7) is 5.32. The first-order chi connectivity index (χ1) is 10.7. The molecule has 0 N–H and O–H groups in total. The standard InChI is InChI=1S/C18H30N2O2/c21-17-5-4-16(6-10-20(17)14-15-2-3-15)19-11-8-18(9-12-19)7-1-13-22-18/h15-16H,1-14H2. The third kappa shape index (κ3) is 3.18. The summed E-state index contributed by atoms with van der Waals surface area (Å²) in [6, 6.07) is 0.618. The highest BCUT2D eigenvalue weighted by Crippen LogP contribution is 2.37. The van der Waals surface area contributed by atoms with E-state index in [9.17, 15) is 4.79 Å². The molecule has 1 amide bonds. The second kappa shape index (κ2) is 6.12. The van der Waals surface area contributed by atoms with Crippen LogP contribution in [-0.2, 0) is 9.53 Å². The Morgan fingerprint density at radius 2 is 1.86 bits per heavy atom. The molecule has 4 aliphatic rings. The van der Waals surface area contributed by atoms with E-state index < -0.39 is 0 Å². The Bertz CT molecular complexity index is 405. The molecule has 1 atom stereocenters. The fourth-order valence-corrected chi connectivity index (χ4v) is 4.64. The van der Waals surface area contributed by atoms with Gasteiger partial charge in [-0.25, -0.2) is 0 Å². The van der Waals surface area contributed by atoms with Crippen molar-refractivity contribution in [2.45, 2.75) is 69.4 Å². The molecule has 3 saturated heterocycles. The van der Waals surface area contributed by atoms with Gasteiger partial charge in [0.15, 0.2) is 0 Å². The molecule has 4 nitrogen and oxygen atoms in total. The number of nitrogens with zero attached hydrogens (tertiary/aromatic N) is 2. The zero-order valence-corrected chi connectivity index (χ0v) is 13.8. The maximum absolute atomic E-state index is 12.3. The van der Waals surface area contributed by atoms with Crippen molar-refractivity contribution in [1.29, 1.82) is 0 Å². The van der Waals surface area contributed by atoms with Gasteiger partial charge in [-0.15, -0.1) is 0 Å². The van der Waals surface area contributed by atoms with Crippen molar-refractivity contribution in [3.8, 4) is 0 Å². The van der Waals surface area contributed by atoms with Crippen LogP contribution < -0.4 is 0 Å². The topological polar surface area (TPSA) is 32.8 Å². The Morgan fingerprint density at radius 1 is 1.05 bits per heavy atom. The number of likely N-dealkylation sites (tertiary alicyclic amines) is 2. The van der Waals surface area contributed by atoms with Gasteiger partial charge in [0.1, 0.15) is 0 Å². The van der Waals surface area contributed by atoms with Gasteiger partial charge in [0, 0.05) is 45.2 Å². The molecule has 124 valence electrons. The summed E-state index contributed by atoms with van der Waals surface area (Å²) in [5.74, 6) is 1.22. The molecule has 1 aliphatic carbocycles. The van der Waals surface area contributed by atoms with Gasteiger partial charge >= 0.3 is 0 Å². The number of piperidine rings is 1. The van der Waals surface area contributed by atoms with Gasteiger partial charge in [-0.05, 0) is 57.3 Å². The van der Waals surface area contributed by atoms with Crippen molar-refractivity contribution in [3.05, 3.63) is 0 Å². The predicted molar refractivity (Wildman–Crippen MR) is 85.7 cm³/mol. The van der Waals surface area contributed by atoms with Gasteiger partial charge in [-0.1, -0.05) is 0 Å². The first-order valence-electron chi connectivity index (χ1n) is 9.40. The zero-order chi connectivity index (χ0) is 15.0. The number of hydrogen-bond acceptors (Lipinski definition) is 3. The Morgan fingerprint density at radius 3 is 2.55 bits per heavy atom. The van der Waals surface area contributed by atoms with Crippen LogP contribution in [0, 0.1) is 5.92 Å². The molecule has 1 saturated carbocycles. The lowest BCUT2D eigenvalue weighted by Crippen LogP contribution is -2.48. The molecule has 0 aromatic heterocycles. The summed E-state index contributed by atoms with van der Waals surface area (Å²) in [6.07, 6.45) is 10.6. The van der Waals surface area contributed by atoms with E-state index in [4.69, 9.17) is 4.74 Å². The molecule has 3 heterocycles. The first kappa shape index (κ1) is 14.9. The van der Waals surface area contributed by atoms with Crippen LogP contribution in [0.5, 0.6) is 0 Å². The van der Waals surface area contributed by atoms with Crippen molar-refractivity contribution < 1.29 is 9.53 Å². The van der Waals surface area contributed by atoms with Gasteiger partial charge in [0.05, 0.1) is 5.60 Å². The number of rotatable bonds is 3. The van der Waals surface area contributed by atoms with Crippen molar-refractivity contribution in [2.24, 2.45) is 5.92 Å². The Balaban J connectivity index is 1.30. The van der Waals surface area contributed by atoms with Crippen LogP contribution in [0.3, 0.4) is 0 Å². The lowest BCUT2D eigenvalue weighted by atomic mass is 9.87. The lowest BCUT2D eigenvalue weighted by molar-refractivity contribution is -0.130. The fourth-order valence-electron chi connectivity index (χ4n) is 4.64. The molecule has 0 aromatic carbocycles. The van der Waals surface area contributed by atoms with E-state index in [2.05, 4.69) is 9.80 Å². The third-order valence-electron chi connectivity index (χ3n) is 6.36. The molecule has 22 heavy (non-hydrogen) atoms. The normalized spacial score (nSPS) is 33.4. The predicted octanol–water partition coefficient (Wildman–Crippen LogP) is 2.42. The minimum absolute atomic E-state index is 0.217. The third-order valence-corrected chi connectivity index (χ3v) is 6.36. The molecule has 0 radical (unpaired) electrons. The van der Waals surface area contributed by atoms with Crippen LogP contribution in [0.15, 0.2) is 0 Å². The van der Waals surface area contributed by atoms with E-state index in [1.807, 2.05) is 0 Å². The van der Waals surface area contributed by atoms with Crippen LogP contribution in [0.4, 0.5) is 0 Å². The zero-order valence-electron chi connectivity index (χ0n) is 13.8. The van der Waals surface area contributed by atoms with Crippen molar-refractivity contribution in [3.63, 3.8) is 0 Å². The number of carbonyl (C=O) groups is 1. The van der Waals surface area contributed by atoms with E-state index in [0.29, 0.717) is 11.9 Å². The molecule has 4 heteroatoms. The smallest absolute Gasteiger partial charge is 0.222 e. The van der Waals surface area contributed by atoms with E-state index >= 15 is 0 Å². The molecular weight excluding hydrogens is 276 g/mol. The second-order valence-corrected chi connectivity index (χ2v) is 7.94. The quantitative estimate of drug-likeness (QED) is 0.803. The monoisotopic (exact) mass is 306 g/mol. The van der Waals surface area contributed by atoms with Crippen LogP contribution in [-0.4, -0.2) is 60.1 Å². The maximum Gasteiger partial charge on any atom is 0.222 e. The molecule has 0 bridgehead atoms. The van der Waals surface area contributed by atoms with Gasteiger partial charge < -0.3 is 14.5 Å². The minimum atomic E-state index is 0.217. The van der Waals surface area contributed by atoms with Gasteiger partial charge in [-0.2, -0.15) is 0 Å². The average molecular weight is 306 g/mol. The van der Waals surface area contributed by atoms with Crippen molar-refractivity contribution >= 4 is 5.91 Å². The lowest BCUT2D eigenvalue weighted by Gasteiger charge is -2.42. The summed E-state index contributed by atoms with van der Waals surface area (Å²) in [4.78, 5) is 17.1. The number of hydrogen-bond donors (Lipinski definition) is 0. The van der Waals surface area contributed by atoms with Crippen LogP contribution in [0.25, 0.3) is 0 Å². The summed E-state index contributed by atoms with van der Waals surface area (Å²) in [5, 5.41) is 0. The number of amides is 1. The second-order valence-electron chi connectivity index (χ2n) is 7.94. The van der Waals surface area contributed by atoms with E-state index in [-0.39, 0.29) is 5.60 Å². The van der Waals surface area contributed by atoms with Crippen molar-refractivity contribution in [1.82, 2.24) is 9.80 Å². The Labute approximate surface area is 134 Å². The maximum atomic E-state index is 12.3. The molecule has 4 rings (SSSR count). The summed E-state index contributed by atoms with van der Waals surface area (Å²) in [5.41, 5.74) is 0.217. The van der Waals surface area contributed by atoms with Gasteiger partial charge in [0.2, 0.25) is 5.91 Å². The fraction of sp³-hybridized carbons (Fsp3) is 0.944. The largest absolute Gasteiger partial charge is 0.375 e. The molecular formula is C18H30N2O2. The summed E-state index contributed by atoms with van der Waals surface area (Å²) < 4.78 is 6.04. The van der Waals surface area contributed by atoms with Gasteiger partial charge in [0.25, 0.3) is 0 Å². The van der Waals surface area contributed by atoms with Crippen LogP contribution in [0.2, 0.25) is 0 Å².